The minimum Gasteiger partial charge on any atom is -0.481 e. The molecule has 0 amide bonds. The Kier molecular flexibility index (Phi) is 4.50. The van der Waals surface area contributed by atoms with E-state index in [-0.39, 0.29) is 10.9 Å². The number of aliphatic carboxylic acids is 1. The van der Waals surface area contributed by atoms with E-state index in [4.69, 9.17) is 16.7 Å². The summed E-state index contributed by atoms with van der Waals surface area (Å²) in [6.45, 7) is 1.71. The average molecular weight is 373 g/mol. The predicted octanol–water partition coefficient (Wildman–Crippen LogP) is 1.61. The van der Waals surface area contributed by atoms with Gasteiger partial charge in [-0.05, 0) is 32.6 Å². The van der Waals surface area contributed by atoms with Crippen molar-refractivity contribution in [2.24, 2.45) is 5.92 Å². The second-order valence-corrected chi connectivity index (χ2v) is 8.06. The minimum absolute atomic E-state index is 0.00507. The first-order chi connectivity index (χ1) is 11.3. The molecule has 130 valence electrons. The van der Waals surface area contributed by atoms with E-state index in [1.54, 1.807) is 6.92 Å². The van der Waals surface area contributed by atoms with Gasteiger partial charge in [0.1, 0.15) is 9.92 Å². The fourth-order valence-electron chi connectivity index (χ4n) is 2.88. The van der Waals surface area contributed by atoms with Gasteiger partial charge in [0.25, 0.3) is 0 Å². The molecule has 0 spiro atoms. The van der Waals surface area contributed by atoms with E-state index in [2.05, 4.69) is 14.8 Å². The van der Waals surface area contributed by atoms with Crippen molar-refractivity contribution in [1.82, 2.24) is 19.3 Å². The van der Waals surface area contributed by atoms with Crippen molar-refractivity contribution in [2.45, 2.75) is 43.5 Å². The van der Waals surface area contributed by atoms with Crippen molar-refractivity contribution in [1.29, 1.82) is 0 Å². The molecule has 3 rings (SSSR count). The van der Waals surface area contributed by atoms with E-state index in [1.165, 1.54) is 16.9 Å². The number of sulfonamides is 1. The molecule has 2 aromatic rings. The van der Waals surface area contributed by atoms with Crippen LogP contribution in [0.3, 0.4) is 0 Å². The van der Waals surface area contributed by atoms with Crippen LogP contribution in [0, 0.1) is 12.8 Å². The molecule has 2 N–H and O–H groups in total. The maximum absolute atomic E-state index is 12.5. The highest BCUT2D eigenvalue weighted by Crippen LogP contribution is 2.26. The Hall–Kier alpha value is -1.71. The van der Waals surface area contributed by atoms with Gasteiger partial charge >= 0.3 is 5.97 Å². The third kappa shape index (κ3) is 3.24. The van der Waals surface area contributed by atoms with E-state index in [0.717, 1.165) is 0 Å². The summed E-state index contributed by atoms with van der Waals surface area (Å²) in [6, 6.07) is -0.274. The van der Waals surface area contributed by atoms with Crippen molar-refractivity contribution in [3.05, 3.63) is 23.1 Å². The number of carboxylic acids is 1. The van der Waals surface area contributed by atoms with Gasteiger partial charge in [-0.3, -0.25) is 4.79 Å². The van der Waals surface area contributed by atoms with E-state index in [9.17, 15) is 13.2 Å². The molecule has 1 aliphatic rings. The molecule has 8 nitrogen and oxygen atoms in total. The molecule has 2 heterocycles. The number of carboxylic acid groups (broad SMARTS) is 1. The standard InChI is InChI=1S/C14H17ClN4O4S/c1-8-12(15)13-16-6-11(7-19(13)17-8)24(22,23)18-10-4-2-9(3-5-10)14(20)21/h6-7,9-10,18H,2-5H2,1H3,(H,20,21). The largest absolute Gasteiger partial charge is 0.481 e. The van der Waals surface area contributed by atoms with Crippen LogP contribution in [-0.4, -0.2) is 40.1 Å². The Bertz CT molecular complexity index is 888. The summed E-state index contributed by atoms with van der Waals surface area (Å²) in [5, 5.41) is 13.5. The summed E-state index contributed by atoms with van der Waals surface area (Å²) in [6.07, 6.45) is 4.54. The summed E-state index contributed by atoms with van der Waals surface area (Å²) in [5.41, 5.74) is 0.966. The molecular weight excluding hydrogens is 356 g/mol. The van der Waals surface area contributed by atoms with Crippen LogP contribution in [0.2, 0.25) is 5.02 Å². The topological polar surface area (TPSA) is 114 Å². The lowest BCUT2D eigenvalue weighted by Gasteiger charge is -2.26. The quantitative estimate of drug-likeness (QED) is 0.842. The summed E-state index contributed by atoms with van der Waals surface area (Å²) >= 11 is 6.04. The molecule has 1 aliphatic carbocycles. The van der Waals surface area contributed by atoms with Crippen LogP contribution in [0.25, 0.3) is 5.65 Å². The van der Waals surface area contributed by atoms with Crippen molar-refractivity contribution < 1.29 is 18.3 Å². The Morgan fingerprint density at radius 1 is 1.38 bits per heavy atom. The molecule has 0 aromatic carbocycles. The van der Waals surface area contributed by atoms with Gasteiger partial charge in [-0.25, -0.2) is 22.6 Å². The van der Waals surface area contributed by atoms with Crippen molar-refractivity contribution in [3.63, 3.8) is 0 Å². The molecule has 0 atom stereocenters. The van der Waals surface area contributed by atoms with Gasteiger partial charge in [0.2, 0.25) is 10.0 Å². The summed E-state index contributed by atoms with van der Waals surface area (Å²) in [4.78, 5) is 15.0. The summed E-state index contributed by atoms with van der Waals surface area (Å²) in [7, 11) is -3.76. The smallest absolute Gasteiger partial charge is 0.306 e. The van der Waals surface area contributed by atoms with Crippen molar-refractivity contribution in [2.75, 3.05) is 0 Å². The first kappa shape index (κ1) is 17.1. The second kappa shape index (κ2) is 6.30. The van der Waals surface area contributed by atoms with Gasteiger partial charge in [-0.15, -0.1) is 0 Å². The molecule has 10 heteroatoms. The number of rotatable bonds is 4. The maximum Gasteiger partial charge on any atom is 0.306 e. The van der Waals surface area contributed by atoms with Gasteiger partial charge in [-0.2, -0.15) is 5.10 Å². The van der Waals surface area contributed by atoms with Crippen molar-refractivity contribution in [3.8, 4) is 0 Å². The fraction of sp³-hybridized carbons (Fsp3) is 0.500. The van der Waals surface area contributed by atoms with Gasteiger partial charge in [0, 0.05) is 6.04 Å². The third-order valence-electron chi connectivity index (χ3n) is 4.26. The molecule has 0 radical (unpaired) electrons. The Labute approximate surface area is 143 Å². The van der Waals surface area contributed by atoms with Crippen LogP contribution in [-0.2, 0) is 14.8 Å². The van der Waals surface area contributed by atoms with Crippen molar-refractivity contribution >= 4 is 33.2 Å². The summed E-state index contributed by atoms with van der Waals surface area (Å²) in [5.74, 6) is -1.21. The van der Waals surface area contributed by atoms with Gasteiger partial charge in [0.15, 0.2) is 5.65 Å². The number of halogens is 1. The average Bonchev–Trinajstić information content (AvgIpc) is 2.82. The van der Waals surface area contributed by atoms with Crippen LogP contribution in [0.1, 0.15) is 31.4 Å². The first-order valence-electron chi connectivity index (χ1n) is 7.53. The number of carbonyl (C=O) groups is 1. The van der Waals surface area contributed by atoms with E-state index < -0.39 is 21.9 Å². The molecule has 0 bridgehead atoms. The van der Waals surface area contributed by atoms with Gasteiger partial charge < -0.3 is 5.11 Å². The van der Waals surface area contributed by atoms with Crippen LogP contribution < -0.4 is 4.72 Å². The highest BCUT2D eigenvalue weighted by molar-refractivity contribution is 7.89. The molecule has 0 aliphatic heterocycles. The molecule has 24 heavy (non-hydrogen) atoms. The Balaban J connectivity index is 1.77. The lowest BCUT2D eigenvalue weighted by atomic mass is 9.87. The first-order valence-corrected chi connectivity index (χ1v) is 9.39. The zero-order chi connectivity index (χ0) is 17.5. The Morgan fingerprint density at radius 2 is 2.04 bits per heavy atom. The zero-order valence-electron chi connectivity index (χ0n) is 12.9. The van der Waals surface area contributed by atoms with Gasteiger partial charge in [-0.1, -0.05) is 11.6 Å². The third-order valence-corrected chi connectivity index (χ3v) is 6.18. The molecule has 1 saturated carbocycles. The van der Waals surface area contributed by atoms with E-state index in [1.807, 2.05) is 0 Å². The lowest BCUT2D eigenvalue weighted by Crippen LogP contribution is -2.38. The number of hydrogen-bond acceptors (Lipinski definition) is 5. The second-order valence-electron chi connectivity index (χ2n) is 5.97. The van der Waals surface area contributed by atoms with Crippen LogP contribution in [0.5, 0.6) is 0 Å². The summed E-state index contributed by atoms with van der Waals surface area (Å²) < 4.78 is 29.0. The highest BCUT2D eigenvalue weighted by atomic mass is 35.5. The highest BCUT2D eigenvalue weighted by Gasteiger charge is 2.29. The fourth-order valence-corrected chi connectivity index (χ4v) is 4.30. The minimum atomic E-state index is -3.76. The molecule has 1 fully saturated rings. The van der Waals surface area contributed by atoms with Crippen LogP contribution >= 0.6 is 11.6 Å². The lowest BCUT2D eigenvalue weighted by molar-refractivity contribution is -0.142. The monoisotopic (exact) mass is 372 g/mol. The molecule has 0 unspecified atom stereocenters. The van der Waals surface area contributed by atoms with E-state index >= 15 is 0 Å². The molecule has 0 saturated heterocycles. The number of aromatic nitrogens is 3. The number of nitrogens with one attached hydrogen (secondary N) is 1. The van der Waals surface area contributed by atoms with Gasteiger partial charge in [0.05, 0.1) is 24.0 Å². The van der Waals surface area contributed by atoms with Crippen LogP contribution in [0.15, 0.2) is 17.3 Å². The Morgan fingerprint density at radius 3 is 2.67 bits per heavy atom. The number of aryl methyl sites for hydroxylation is 1. The molecular formula is C14H17ClN4O4S. The zero-order valence-corrected chi connectivity index (χ0v) is 14.5. The van der Waals surface area contributed by atoms with Crippen LogP contribution in [0.4, 0.5) is 0 Å². The number of fused-ring (bicyclic) bond motifs is 1. The maximum atomic E-state index is 12.5. The normalized spacial score (nSPS) is 21.9. The number of nitrogens with zero attached hydrogens (tertiary/aromatic N) is 3. The molecule has 2 aromatic heterocycles. The predicted molar refractivity (Wildman–Crippen MR) is 86.4 cm³/mol. The SMILES string of the molecule is Cc1nn2cc(S(=O)(=O)NC3CCC(C(=O)O)CC3)cnc2c1Cl. The number of hydrogen-bond donors (Lipinski definition) is 2. The van der Waals surface area contributed by atoms with E-state index in [0.29, 0.717) is 42.0 Å².